The molecule has 0 amide bonds. The molecule has 0 spiro atoms. The van der Waals surface area contributed by atoms with Gasteiger partial charge in [0.2, 0.25) is 0 Å². The molecule has 0 bridgehead atoms. The maximum Gasteiger partial charge on any atom is 0.0447 e. The fourth-order valence-corrected chi connectivity index (χ4v) is 3.22. The Hall–Kier alpha value is -1.09. The molecule has 0 saturated heterocycles. The van der Waals surface area contributed by atoms with E-state index in [-0.39, 0.29) is 0 Å². The van der Waals surface area contributed by atoms with Crippen LogP contribution in [0.5, 0.6) is 0 Å². The molecule has 0 atom stereocenters. The number of aromatic nitrogens is 1. The molecule has 112 valence electrons. The predicted octanol–water partition coefficient (Wildman–Crippen LogP) is 3.66. The van der Waals surface area contributed by atoms with Crippen molar-refractivity contribution in [2.45, 2.75) is 65.5 Å². The van der Waals surface area contributed by atoms with Crippen LogP contribution in [0, 0.1) is 6.92 Å². The van der Waals surface area contributed by atoms with Crippen LogP contribution in [0.3, 0.4) is 0 Å². The van der Waals surface area contributed by atoms with E-state index >= 15 is 0 Å². The molecule has 3 heteroatoms. The largest absolute Gasteiger partial charge is 0.368 e. The molecule has 1 aromatic rings. The fraction of sp³-hybridized carbons (Fsp3) is 0.706. The van der Waals surface area contributed by atoms with E-state index in [1.807, 2.05) is 0 Å². The molecule has 1 aliphatic rings. The highest BCUT2D eigenvalue weighted by Gasteiger charge is 2.23. The second-order valence-electron chi connectivity index (χ2n) is 5.86. The van der Waals surface area contributed by atoms with Crippen LogP contribution < -0.4 is 10.2 Å². The summed E-state index contributed by atoms with van der Waals surface area (Å²) in [6, 6.07) is 3.00. The van der Waals surface area contributed by atoms with Gasteiger partial charge in [0, 0.05) is 42.3 Å². The van der Waals surface area contributed by atoms with Crippen molar-refractivity contribution < 1.29 is 0 Å². The molecule has 1 aliphatic carbocycles. The molecule has 1 fully saturated rings. The molecule has 2 rings (SSSR count). The lowest BCUT2D eigenvalue weighted by molar-refractivity contribution is 0.610. The van der Waals surface area contributed by atoms with Crippen LogP contribution in [-0.2, 0) is 6.54 Å². The van der Waals surface area contributed by atoms with Gasteiger partial charge in [-0.05, 0) is 45.7 Å². The lowest BCUT2D eigenvalue weighted by Gasteiger charge is -2.32. The maximum atomic E-state index is 4.50. The molecule has 0 radical (unpaired) electrons. The second kappa shape index (κ2) is 7.63. The first-order valence-corrected chi connectivity index (χ1v) is 8.19. The average molecular weight is 275 g/mol. The average Bonchev–Trinajstić information content (AvgIpc) is 2.96. The number of rotatable bonds is 7. The number of nitrogens with one attached hydrogen (secondary N) is 1. The van der Waals surface area contributed by atoms with Crippen molar-refractivity contribution in [1.82, 2.24) is 10.3 Å². The van der Waals surface area contributed by atoms with Crippen LogP contribution in [0.4, 0.5) is 5.69 Å². The van der Waals surface area contributed by atoms with Crippen LogP contribution in [0.15, 0.2) is 12.3 Å². The Morgan fingerprint density at radius 2 is 2.05 bits per heavy atom. The van der Waals surface area contributed by atoms with E-state index in [9.17, 15) is 0 Å². The summed E-state index contributed by atoms with van der Waals surface area (Å²) in [7, 11) is 0. The number of hydrogen-bond acceptors (Lipinski definition) is 3. The van der Waals surface area contributed by atoms with Crippen LogP contribution >= 0.6 is 0 Å². The zero-order chi connectivity index (χ0) is 14.4. The minimum absolute atomic E-state index is 0.728. The Bertz CT molecular complexity index is 411. The molecule has 0 unspecified atom stereocenters. The van der Waals surface area contributed by atoms with Gasteiger partial charge in [-0.3, -0.25) is 4.98 Å². The van der Waals surface area contributed by atoms with Gasteiger partial charge in [-0.25, -0.2) is 0 Å². The second-order valence-corrected chi connectivity index (χ2v) is 5.86. The predicted molar refractivity (Wildman–Crippen MR) is 86.2 cm³/mol. The van der Waals surface area contributed by atoms with E-state index < -0.39 is 0 Å². The first-order chi connectivity index (χ1) is 9.76. The molecule has 1 saturated carbocycles. The smallest absolute Gasteiger partial charge is 0.0447 e. The van der Waals surface area contributed by atoms with Crippen molar-refractivity contribution in [3.05, 3.63) is 23.5 Å². The Morgan fingerprint density at radius 3 is 2.70 bits per heavy atom. The monoisotopic (exact) mass is 275 g/mol. The number of nitrogens with zero attached hydrogens (tertiary/aromatic N) is 2. The number of aryl methyl sites for hydroxylation is 1. The van der Waals surface area contributed by atoms with Gasteiger partial charge >= 0.3 is 0 Å². The summed E-state index contributed by atoms with van der Waals surface area (Å²) >= 11 is 0. The molecule has 1 N–H and O–H groups in total. The van der Waals surface area contributed by atoms with Gasteiger partial charge < -0.3 is 10.2 Å². The van der Waals surface area contributed by atoms with Crippen molar-refractivity contribution in [2.75, 3.05) is 18.0 Å². The molecule has 1 aromatic heterocycles. The van der Waals surface area contributed by atoms with Gasteiger partial charge in [0.15, 0.2) is 0 Å². The highest BCUT2D eigenvalue weighted by atomic mass is 15.2. The van der Waals surface area contributed by atoms with E-state index in [0.29, 0.717) is 0 Å². The third kappa shape index (κ3) is 3.72. The molecule has 0 aliphatic heterocycles. The van der Waals surface area contributed by atoms with Gasteiger partial charge in [0.25, 0.3) is 0 Å². The molecular formula is C17H29N3. The first-order valence-electron chi connectivity index (χ1n) is 8.19. The third-order valence-corrected chi connectivity index (χ3v) is 4.26. The van der Waals surface area contributed by atoms with Crippen LogP contribution in [0.1, 0.15) is 57.2 Å². The standard InChI is InChI=1S/C17H29N3/c1-4-10-18-12-15-13-19-14(3)11-17(15)20(5-2)16-8-6-7-9-16/h11,13,16,18H,4-10,12H2,1-3H3. The van der Waals surface area contributed by atoms with Gasteiger partial charge in [-0.15, -0.1) is 0 Å². The van der Waals surface area contributed by atoms with Crippen LogP contribution in [0.2, 0.25) is 0 Å². The van der Waals surface area contributed by atoms with E-state index in [1.165, 1.54) is 43.4 Å². The van der Waals surface area contributed by atoms with Gasteiger partial charge in [-0.2, -0.15) is 0 Å². The lowest BCUT2D eigenvalue weighted by Crippen LogP contribution is -2.34. The van der Waals surface area contributed by atoms with Crippen molar-refractivity contribution >= 4 is 5.69 Å². The highest BCUT2D eigenvalue weighted by molar-refractivity contribution is 5.54. The lowest BCUT2D eigenvalue weighted by atomic mass is 10.1. The van der Waals surface area contributed by atoms with Crippen LogP contribution in [0.25, 0.3) is 0 Å². The quantitative estimate of drug-likeness (QED) is 0.770. The molecule has 20 heavy (non-hydrogen) atoms. The normalized spacial score (nSPS) is 15.8. The van der Waals surface area contributed by atoms with Gasteiger partial charge in [0.1, 0.15) is 0 Å². The summed E-state index contributed by atoms with van der Waals surface area (Å²) in [5.41, 5.74) is 3.86. The number of pyridine rings is 1. The van der Waals surface area contributed by atoms with Gasteiger partial charge in [-0.1, -0.05) is 19.8 Å². The minimum Gasteiger partial charge on any atom is -0.368 e. The summed E-state index contributed by atoms with van der Waals surface area (Å²) < 4.78 is 0. The van der Waals surface area contributed by atoms with E-state index in [4.69, 9.17) is 0 Å². The Labute approximate surface area is 123 Å². The fourth-order valence-electron chi connectivity index (χ4n) is 3.22. The number of anilines is 1. The summed E-state index contributed by atoms with van der Waals surface area (Å²) in [5.74, 6) is 0. The summed E-state index contributed by atoms with van der Waals surface area (Å²) in [5, 5.41) is 3.51. The Kier molecular flexibility index (Phi) is 5.84. The molecule has 1 heterocycles. The van der Waals surface area contributed by atoms with Crippen molar-refractivity contribution in [3.8, 4) is 0 Å². The Balaban J connectivity index is 2.19. The van der Waals surface area contributed by atoms with Crippen LogP contribution in [-0.4, -0.2) is 24.1 Å². The molecule has 0 aromatic carbocycles. The summed E-state index contributed by atoms with van der Waals surface area (Å²) in [4.78, 5) is 7.10. The SMILES string of the molecule is CCCNCc1cnc(C)cc1N(CC)C1CCCC1. The minimum atomic E-state index is 0.728. The van der Waals surface area contributed by atoms with E-state index in [2.05, 4.69) is 48.2 Å². The zero-order valence-corrected chi connectivity index (χ0v) is 13.3. The molecule has 3 nitrogen and oxygen atoms in total. The van der Waals surface area contributed by atoms with Gasteiger partial charge in [0.05, 0.1) is 0 Å². The maximum absolute atomic E-state index is 4.50. The highest BCUT2D eigenvalue weighted by Crippen LogP contribution is 2.30. The third-order valence-electron chi connectivity index (χ3n) is 4.26. The number of hydrogen-bond donors (Lipinski definition) is 1. The molecular weight excluding hydrogens is 246 g/mol. The van der Waals surface area contributed by atoms with Crippen molar-refractivity contribution in [3.63, 3.8) is 0 Å². The Morgan fingerprint density at radius 1 is 1.30 bits per heavy atom. The van der Waals surface area contributed by atoms with Crippen molar-refractivity contribution in [2.24, 2.45) is 0 Å². The summed E-state index contributed by atoms with van der Waals surface area (Å²) in [6.07, 6.45) is 8.69. The van der Waals surface area contributed by atoms with Crippen molar-refractivity contribution in [1.29, 1.82) is 0 Å². The first kappa shape index (κ1) is 15.3. The van der Waals surface area contributed by atoms with E-state index in [1.54, 1.807) is 0 Å². The van der Waals surface area contributed by atoms with E-state index in [0.717, 1.165) is 31.4 Å². The topological polar surface area (TPSA) is 28.2 Å². The zero-order valence-electron chi connectivity index (χ0n) is 13.3. The summed E-state index contributed by atoms with van der Waals surface area (Å²) in [6.45, 7) is 9.67.